The number of nitrogens with one attached hydrogen (secondary N) is 1. The molecule has 2 heterocycles. The molecule has 0 saturated carbocycles. The normalized spacial score (nSPS) is 10.3. The van der Waals surface area contributed by atoms with Crippen molar-refractivity contribution in [3.63, 3.8) is 0 Å². The van der Waals surface area contributed by atoms with Gasteiger partial charge in [0.05, 0.1) is 22.5 Å². The van der Waals surface area contributed by atoms with Gasteiger partial charge in [-0.3, -0.25) is 14.6 Å². The molecule has 0 aliphatic heterocycles. The lowest BCUT2D eigenvalue weighted by atomic mass is 10.1. The van der Waals surface area contributed by atoms with Crippen LogP contribution in [0, 0.1) is 6.92 Å². The molecule has 142 valence electrons. The van der Waals surface area contributed by atoms with Crippen molar-refractivity contribution in [1.29, 1.82) is 0 Å². The van der Waals surface area contributed by atoms with E-state index in [1.54, 1.807) is 24.4 Å². The molecule has 2 aromatic heterocycles. The highest BCUT2D eigenvalue weighted by atomic mass is 32.1. The largest absolute Gasteiger partial charge is 0.452 e. The lowest BCUT2D eigenvalue weighted by molar-refractivity contribution is -0.119. The molecule has 3 aromatic rings. The van der Waals surface area contributed by atoms with Crippen LogP contribution in [0.4, 0.5) is 5.00 Å². The smallest absolute Gasteiger partial charge is 0.340 e. The summed E-state index contributed by atoms with van der Waals surface area (Å²) in [7, 11) is 0. The zero-order valence-electron chi connectivity index (χ0n) is 15.0. The minimum atomic E-state index is -0.652. The lowest BCUT2D eigenvalue weighted by Gasteiger charge is -2.09. The number of thiophene rings is 1. The Bertz CT molecular complexity index is 1030. The Labute approximate surface area is 165 Å². The summed E-state index contributed by atoms with van der Waals surface area (Å²) in [6, 6.07) is 14.4. The van der Waals surface area contributed by atoms with E-state index < -0.39 is 24.4 Å². The molecule has 0 saturated heterocycles. The van der Waals surface area contributed by atoms with Crippen LogP contribution in [0.15, 0.2) is 53.9 Å². The van der Waals surface area contributed by atoms with E-state index in [0.29, 0.717) is 10.7 Å². The Morgan fingerprint density at radius 3 is 2.50 bits per heavy atom. The summed E-state index contributed by atoms with van der Waals surface area (Å²) in [5, 5.41) is 4.46. The monoisotopic (exact) mass is 395 g/mol. The fourth-order valence-corrected chi connectivity index (χ4v) is 3.33. The number of nitrogens with zero attached hydrogens (tertiary/aromatic N) is 1. The minimum absolute atomic E-state index is 0.209. The fraction of sp³-hybridized carbons (Fsp3) is 0.100. The van der Waals surface area contributed by atoms with Crippen LogP contribution in [0.25, 0.3) is 11.3 Å². The summed E-state index contributed by atoms with van der Waals surface area (Å²) in [5.41, 5.74) is 7.89. The molecule has 0 aliphatic rings. The van der Waals surface area contributed by atoms with Crippen LogP contribution in [0.5, 0.6) is 0 Å². The Balaban J connectivity index is 1.62. The first-order valence-electron chi connectivity index (χ1n) is 8.33. The molecule has 1 aromatic carbocycles. The summed E-state index contributed by atoms with van der Waals surface area (Å²) in [4.78, 5) is 40.0. The summed E-state index contributed by atoms with van der Waals surface area (Å²) in [6.07, 6.45) is 0. The number of primary amides is 1. The number of carbonyl (C=O) groups is 3. The first kappa shape index (κ1) is 19.2. The number of aromatic nitrogens is 1. The van der Waals surface area contributed by atoms with Crippen LogP contribution in [-0.2, 0) is 9.53 Å². The van der Waals surface area contributed by atoms with Gasteiger partial charge in [0, 0.05) is 5.56 Å². The van der Waals surface area contributed by atoms with Gasteiger partial charge >= 0.3 is 5.97 Å². The number of pyridine rings is 1. The third-order valence-electron chi connectivity index (χ3n) is 3.89. The summed E-state index contributed by atoms with van der Waals surface area (Å²) >= 11 is 1.16. The van der Waals surface area contributed by atoms with Gasteiger partial charge in [-0.15, -0.1) is 11.3 Å². The number of hydrogen-bond acceptors (Lipinski definition) is 6. The Kier molecular flexibility index (Phi) is 5.81. The Hall–Kier alpha value is -3.52. The molecular formula is C20H17N3O4S. The first-order chi connectivity index (χ1) is 13.5. The predicted octanol–water partition coefficient (Wildman–Crippen LogP) is 3.01. The van der Waals surface area contributed by atoms with E-state index in [-0.39, 0.29) is 11.1 Å². The number of aryl methyl sites for hydroxylation is 1. The van der Waals surface area contributed by atoms with Crippen molar-refractivity contribution in [2.45, 2.75) is 6.92 Å². The summed E-state index contributed by atoms with van der Waals surface area (Å²) in [5.74, 6) is -1.86. The molecule has 2 amide bonds. The van der Waals surface area contributed by atoms with Crippen molar-refractivity contribution in [2.75, 3.05) is 11.9 Å². The van der Waals surface area contributed by atoms with Crippen LogP contribution in [0.3, 0.4) is 0 Å². The second-order valence-corrected chi connectivity index (χ2v) is 6.76. The minimum Gasteiger partial charge on any atom is -0.452 e. The average molecular weight is 395 g/mol. The van der Waals surface area contributed by atoms with Crippen molar-refractivity contribution in [3.8, 4) is 11.3 Å². The number of esters is 1. The maximum Gasteiger partial charge on any atom is 0.340 e. The molecule has 0 radical (unpaired) electrons. The van der Waals surface area contributed by atoms with Gasteiger partial charge in [-0.05, 0) is 30.5 Å². The highest BCUT2D eigenvalue weighted by molar-refractivity contribution is 7.14. The summed E-state index contributed by atoms with van der Waals surface area (Å²) < 4.78 is 5.06. The average Bonchev–Trinajstić information content (AvgIpc) is 3.15. The van der Waals surface area contributed by atoms with Crippen molar-refractivity contribution < 1.29 is 19.1 Å². The van der Waals surface area contributed by atoms with Gasteiger partial charge in [0.15, 0.2) is 6.61 Å². The van der Waals surface area contributed by atoms with E-state index in [4.69, 9.17) is 10.5 Å². The molecule has 0 fully saturated rings. The Morgan fingerprint density at radius 2 is 1.82 bits per heavy atom. The van der Waals surface area contributed by atoms with Crippen molar-refractivity contribution in [3.05, 3.63) is 70.7 Å². The molecule has 3 N–H and O–H groups in total. The van der Waals surface area contributed by atoms with Crippen LogP contribution >= 0.6 is 11.3 Å². The quantitative estimate of drug-likeness (QED) is 0.623. The van der Waals surface area contributed by atoms with Gasteiger partial charge in [-0.2, -0.15) is 0 Å². The number of benzene rings is 1. The molecule has 8 heteroatoms. The molecule has 0 bridgehead atoms. The molecule has 0 unspecified atom stereocenters. The van der Waals surface area contributed by atoms with Crippen molar-refractivity contribution in [2.24, 2.45) is 5.73 Å². The van der Waals surface area contributed by atoms with Crippen molar-refractivity contribution in [1.82, 2.24) is 4.98 Å². The molecule has 0 spiro atoms. The standard InChI is InChI=1S/C20H17N3O4S/c1-12-14(7-8-16(22-12)13-5-3-2-4-6-13)20(26)27-11-17(24)23-19-15(18(21)25)9-10-28-19/h2-10H,11H2,1H3,(H2,21,25)(H,23,24). The maximum absolute atomic E-state index is 12.3. The number of rotatable bonds is 6. The molecule has 7 nitrogen and oxygen atoms in total. The van der Waals surface area contributed by atoms with E-state index in [2.05, 4.69) is 10.3 Å². The lowest BCUT2D eigenvalue weighted by Crippen LogP contribution is -2.22. The van der Waals surface area contributed by atoms with E-state index in [1.807, 2.05) is 30.3 Å². The van der Waals surface area contributed by atoms with Gasteiger partial charge in [-0.1, -0.05) is 30.3 Å². The maximum atomic E-state index is 12.3. The van der Waals surface area contributed by atoms with Crippen LogP contribution in [0.1, 0.15) is 26.4 Å². The fourth-order valence-electron chi connectivity index (χ4n) is 2.52. The number of ether oxygens (including phenoxy) is 1. The van der Waals surface area contributed by atoms with Gasteiger partial charge < -0.3 is 15.8 Å². The predicted molar refractivity (Wildman–Crippen MR) is 106 cm³/mol. The van der Waals surface area contributed by atoms with Crippen LogP contribution < -0.4 is 11.1 Å². The van der Waals surface area contributed by atoms with Gasteiger partial charge in [0.2, 0.25) is 0 Å². The molecule has 0 atom stereocenters. The second-order valence-electron chi connectivity index (χ2n) is 5.85. The topological polar surface area (TPSA) is 111 Å². The summed E-state index contributed by atoms with van der Waals surface area (Å²) in [6.45, 7) is 1.21. The van der Waals surface area contributed by atoms with Crippen LogP contribution in [-0.4, -0.2) is 29.4 Å². The highest BCUT2D eigenvalue weighted by Gasteiger charge is 2.16. The van der Waals surface area contributed by atoms with Crippen molar-refractivity contribution >= 4 is 34.1 Å². The van der Waals surface area contributed by atoms with Gasteiger partial charge in [-0.25, -0.2) is 4.79 Å². The van der Waals surface area contributed by atoms with Gasteiger partial charge in [0.25, 0.3) is 11.8 Å². The number of nitrogens with two attached hydrogens (primary N) is 1. The van der Waals surface area contributed by atoms with E-state index in [0.717, 1.165) is 22.6 Å². The van der Waals surface area contributed by atoms with E-state index in [9.17, 15) is 14.4 Å². The zero-order chi connectivity index (χ0) is 20.1. The molecule has 28 heavy (non-hydrogen) atoms. The highest BCUT2D eigenvalue weighted by Crippen LogP contribution is 2.22. The first-order valence-corrected chi connectivity index (χ1v) is 9.21. The third kappa shape index (κ3) is 4.41. The van der Waals surface area contributed by atoms with E-state index in [1.165, 1.54) is 6.07 Å². The molecule has 3 rings (SSSR count). The second kappa shape index (κ2) is 8.45. The van der Waals surface area contributed by atoms with Crippen LogP contribution in [0.2, 0.25) is 0 Å². The SMILES string of the molecule is Cc1nc(-c2ccccc2)ccc1C(=O)OCC(=O)Nc1sccc1C(N)=O. The number of amides is 2. The molecular weight excluding hydrogens is 378 g/mol. The van der Waals surface area contributed by atoms with Gasteiger partial charge in [0.1, 0.15) is 5.00 Å². The molecule has 0 aliphatic carbocycles. The number of anilines is 1. The number of carbonyl (C=O) groups excluding carboxylic acids is 3. The Morgan fingerprint density at radius 1 is 1.07 bits per heavy atom. The number of hydrogen-bond donors (Lipinski definition) is 2. The third-order valence-corrected chi connectivity index (χ3v) is 4.72. The zero-order valence-corrected chi connectivity index (χ0v) is 15.8. The van der Waals surface area contributed by atoms with E-state index >= 15 is 0 Å².